The van der Waals surface area contributed by atoms with E-state index >= 15 is 0 Å². The normalized spacial score (nSPS) is 9.78. The Labute approximate surface area is 136 Å². The molecule has 1 aromatic carbocycles. The Morgan fingerprint density at radius 1 is 1.09 bits per heavy atom. The number of hydrogen-bond donors (Lipinski definition) is 3. The molecule has 0 aliphatic carbocycles. The van der Waals surface area contributed by atoms with E-state index in [1.54, 1.807) is 42.6 Å². The second-order valence-corrected chi connectivity index (χ2v) is 5.26. The first-order valence-electron chi connectivity index (χ1n) is 6.78. The van der Waals surface area contributed by atoms with E-state index in [1.165, 1.54) is 17.4 Å². The van der Waals surface area contributed by atoms with Gasteiger partial charge in [-0.25, -0.2) is 4.79 Å². The highest BCUT2D eigenvalue weighted by Gasteiger charge is 2.11. The Balaban J connectivity index is 1.94. The molecule has 0 bridgehead atoms. The minimum absolute atomic E-state index is 0.251. The summed E-state index contributed by atoms with van der Waals surface area (Å²) >= 11 is 1.27. The van der Waals surface area contributed by atoms with Gasteiger partial charge >= 0.3 is 6.09 Å². The fourth-order valence-electron chi connectivity index (χ4n) is 1.68. The van der Waals surface area contributed by atoms with Gasteiger partial charge < -0.3 is 4.74 Å². The zero-order valence-corrected chi connectivity index (χ0v) is 13.1. The maximum Gasteiger partial charge on any atom is 0.411 e. The van der Waals surface area contributed by atoms with Crippen LogP contribution in [0.5, 0.6) is 0 Å². The van der Waals surface area contributed by atoms with Crippen LogP contribution in [0.3, 0.4) is 0 Å². The van der Waals surface area contributed by atoms with E-state index < -0.39 is 17.9 Å². The SMILES string of the molecule is CCOC(=O)Nc1cccc(C(=O)NNC(=O)c2cccs2)c1. The summed E-state index contributed by atoms with van der Waals surface area (Å²) in [6.07, 6.45) is -0.601. The van der Waals surface area contributed by atoms with Gasteiger partial charge in [0.1, 0.15) is 0 Å². The van der Waals surface area contributed by atoms with Crippen molar-refractivity contribution in [2.75, 3.05) is 11.9 Å². The van der Waals surface area contributed by atoms with E-state index in [1.807, 2.05) is 0 Å². The second-order valence-electron chi connectivity index (χ2n) is 4.31. The minimum atomic E-state index is -0.601. The Morgan fingerprint density at radius 2 is 1.87 bits per heavy atom. The summed E-state index contributed by atoms with van der Waals surface area (Å²) in [6, 6.07) is 9.66. The first-order chi connectivity index (χ1) is 11.1. The summed E-state index contributed by atoms with van der Waals surface area (Å²) in [5, 5.41) is 4.26. The minimum Gasteiger partial charge on any atom is -0.450 e. The first kappa shape index (κ1) is 16.5. The lowest BCUT2D eigenvalue weighted by molar-refractivity contribution is 0.0849. The number of nitrogens with one attached hydrogen (secondary N) is 3. The summed E-state index contributed by atoms with van der Waals surface area (Å²) < 4.78 is 4.76. The quantitative estimate of drug-likeness (QED) is 0.749. The first-order valence-corrected chi connectivity index (χ1v) is 7.66. The van der Waals surface area contributed by atoms with E-state index in [9.17, 15) is 14.4 Å². The molecular weight excluding hydrogens is 318 g/mol. The summed E-state index contributed by atoms with van der Waals surface area (Å²) in [4.78, 5) is 35.6. The number of hydrazine groups is 1. The van der Waals surface area contributed by atoms with E-state index in [2.05, 4.69) is 16.2 Å². The average Bonchev–Trinajstić information content (AvgIpc) is 3.07. The van der Waals surface area contributed by atoms with Crippen LogP contribution in [0, 0.1) is 0 Å². The molecule has 8 heteroatoms. The Hall–Kier alpha value is -2.87. The molecule has 3 N–H and O–H groups in total. The third kappa shape index (κ3) is 4.82. The maximum atomic E-state index is 12.0. The number of benzene rings is 1. The molecule has 0 atom stereocenters. The van der Waals surface area contributed by atoms with Gasteiger partial charge in [0.25, 0.3) is 11.8 Å². The maximum absolute atomic E-state index is 12.0. The highest BCUT2D eigenvalue weighted by molar-refractivity contribution is 7.12. The Morgan fingerprint density at radius 3 is 2.57 bits per heavy atom. The lowest BCUT2D eigenvalue weighted by Gasteiger charge is -2.08. The lowest BCUT2D eigenvalue weighted by atomic mass is 10.2. The fraction of sp³-hybridized carbons (Fsp3) is 0.133. The molecule has 0 saturated carbocycles. The highest BCUT2D eigenvalue weighted by atomic mass is 32.1. The predicted octanol–water partition coefficient (Wildman–Crippen LogP) is 2.39. The number of hydrogen-bond acceptors (Lipinski definition) is 5. The van der Waals surface area contributed by atoms with E-state index in [4.69, 9.17) is 4.74 Å². The predicted molar refractivity (Wildman–Crippen MR) is 86.3 cm³/mol. The smallest absolute Gasteiger partial charge is 0.411 e. The van der Waals surface area contributed by atoms with Gasteiger partial charge in [-0.1, -0.05) is 12.1 Å². The molecule has 3 amide bonds. The van der Waals surface area contributed by atoms with Crippen molar-refractivity contribution in [1.29, 1.82) is 0 Å². The van der Waals surface area contributed by atoms with Gasteiger partial charge in [-0.3, -0.25) is 25.8 Å². The van der Waals surface area contributed by atoms with E-state index in [0.717, 1.165) is 0 Å². The summed E-state index contributed by atoms with van der Waals surface area (Å²) in [6.45, 7) is 1.94. The van der Waals surface area contributed by atoms with E-state index in [0.29, 0.717) is 10.6 Å². The zero-order chi connectivity index (χ0) is 16.7. The molecule has 0 saturated heterocycles. The van der Waals surface area contributed by atoms with Crippen LogP contribution in [-0.2, 0) is 4.74 Å². The van der Waals surface area contributed by atoms with Crippen LogP contribution in [0.2, 0.25) is 0 Å². The second kappa shape index (κ2) is 7.95. The van der Waals surface area contributed by atoms with E-state index in [-0.39, 0.29) is 12.2 Å². The third-order valence-corrected chi connectivity index (χ3v) is 3.55. The summed E-state index contributed by atoms with van der Waals surface area (Å²) in [5.74, 6) is -0.892. The van der Waals surface area contributed by atoms with Crippen molar-refractivity contribution in [1.82, 2.24) is 10.9 Å². The van der Waals surface area contributed by atoms with Crippen molar-refractivity contribution in [3.05, 3.63) is 52.2 Å². The highest BCUT2D eigenvalue weighted by Crippen LogP contribution is 2.11. The molecule has 0 aliphatic rings. The molecule has 1 aromatic heterocycles. The number of thiophene rings is 1. The lowest BCUT2D eigenvalue weighted by Crippen LogP contribution is -2.41. The standard InChI is InChI=1S/C15H15N3O4S/c1-2-22-15(21)16-11-6-3-5-10(9-11)13(19)17-18-14(20)12-7-4-8-23-12/h3-9H,2H2,1H3,(H,16,21)(H,17,19)(H,18,20). The molecule has 23 heavy (non-hydrogen) atoms. The van der Waals surface area contributed by atoms with Gasteiger partial charge in [-0.15, -0.1) is 11.3 Å². The topological polar surface area (TPSA) is 96.5 Å². The molecule has 1 heterocycles. The molecular formula is C15H15N3O4S. The van der Waals surface area contributed by atoms with Crippen molar-refractivity contribution in [3.8, 4) is 0 Å². The monoisotopic (exact) mass is 333 g/mol. The van der Waals surface area contributed by atoms with Gasteiger partial charge in [0.2, 0.25) is 0 Å². The van der Waals surface area contributed by atoms with Crippen molar-refractivity contribution in [3.63, 3.8) is 0 Å². The van der Waals surface area contributed by atoms with Gasteiger partial charge in [-0.2, -0.15) is 0 Å². The summed E-state index contributed by atoms with van der Waals surface area (Å²) in [7, 11) is 0. The number of ether oxygens (including phenoxy) is 1. The van der Waals surface area contributed by atoms with Crippen molar-refractivity contribution in [2.24, 2.45) is 0 Å². The van der Waals surface area contributed by atoms with Gasteiger partial charge in [0.15, 0.2) is 0 Å². The summed E-state index contributed by atoms with van der Waals surface area (Å²) in [5.41, 5.74) is 5.34. The molecule has 0 spiro atoms. The van der Waals surface area contributed by atoms with Gasteiger partial charge in [0.05, 0.1) is 11.5 Å². The van der Waals surface area contributed by atoms with Crippen molar-refractivity contribution >= 4 is 34.9 Å². The number of carbonyl (C=O) groups excluding carboxylic acids is 3. The van der Waals surface area contributed by atoms with Crippen LogP contribution >= 0.6 is 11.3 Å². The number of anilines is 1. The van der Waals surface area contributed by atoms with Crippen LogP contribution in [0.25, 0.3) is 0 Å². The van der Waals surface area contributed by atoms with Crippen molar-refractivity contribution in [2.45, 2.75) is 6.92 Å². The third-order valence-electron chi connectivity index (χ3n) is 2.68. The molecule has 7 nitrogen and oxygen atoms in total. The van der Waals surface area contributed by atoms with Crippen LogP contribution < -0.4 is 16.2 Å². The molecule has 0 fully saturated rings. The fourth-order valence-corrected chi connectivity index (χ4v) is 2.30. The van der Waals surface area contributed by atoms with Crippen LogP contribution in [0.15, 0.2) is 41.8 Å². The molecule has 0 unspecified atom stereocenters. The molecule has 2 rings (SSSR count). The van der Waals surface area contributed by atoms with Crippen LogP contribution in [-0.4, -0.2) is 24.5 Å². The zero-order valence-electron chi connectivity index (χ0n) is 12.3. The molecule has 120 valence electrons. The van der Waals surface area contributed by atoms with Gasteiger partial charge in [-0.05, 0) is 36.6 Å². The average molecular weight is 333 g/mol. The Kier molecular flexibility index (Phi) is 5.70. The largest absolute Gasteiger partial charge is 0.450 e. The molecule has 0 aliphatic heterocycles. The Bertz CT molecular complexity index is 701. The number of amides is 3. The van der Waals surface area contributed by atoms with Gasteiger partial charge in [0, 0.05) is 11.3 Å². The molecule has 2 aromatic rings. The number of carbonyl (C=O) groups is 3. The number of rotatable bonds is 4. The van der Waals surface area contributed by atoms with Crippen molar-refractivity contribution < 1.29 is 19.1 Å². The van der Waals surface area contributed by atoms with Crippen LogP contribution in [0.1, 0.15) is 27.0 Å². The van der Waals surface area contributed by atoms with Crippen LogP contribution in [0.4, 0.5) is 10.5 Å². The molecule has 0 radical (unpaired) electrons.